The number of carbonyl (C=O) groups is 1. The summed E-state index contributed by atoms with van der Waals surface area (Å²) in [5.41, 5.74) is 2.35. The van der Waals surface area contributed by atoms with Crippen molar-refractivity contribution in [2.75, 3.05) is 44.3 Å². The van der Waals surface area contributed by atoms with Gasteiger partial charge in [-0.1, -0.05) is 27.3 Å². The minimum absolute atomic E-state index is 0.0566. The predicted octanol–water partition coefficient (Wildman–Crippen LogP) is 3.56. The standard InChI is InChI=1S/C20H24BrN5O2S/c1-3-26-17(12-14(2)23-26)19(27)25(7-6-24-8-10-28-11-9-24)20-22-16-5-4-15(21)13-18(16)29-20/h4-5,12-13H,3,6-11H2,1-2H3. The van der Waals surface area contributed by atoms with Gasteiger partial charge in [0.25, 0.3) is 5.91 Å². The Balaban J connectivity index is 1.66. The molecule has 0 saturated carbocycles. The fourth-order valence-electron chi connectivity index (χ4n) is 3.45. The van der Waals surface area contributed by atoms with Gasteiger partial charge in [-0.25, -0.2) is 4.98 Å². The topological polar surface area (TPSA) is 63.5 Å². The maximum atomic E-state index is 13.5. The molecule has 1 fully saturated rings. The van der Waals surface area contributed by atoms with Gasteiger partial charge in [-0.3, -0.25) is 19.3 Å². The second kappa shape index (κ2) is 8.91. The summed E-state index contributed by atoms with van der Waals surface area (Å²) in [5, 5.41) is 5.17. The smallest absolute Gasteiger partial charge is 0.278 e. The van der Waals surface area contributed by atoms with Crippen molar-refractivity contribution in [3.63, 3.8) is 0 Å². The third-order valence-electron chi connectivity index (χ3n) is 4.98. The molecule has 1 aliphatic rings. The highest BCUT2D eigenvalue weighted by molar-refractivity contribution is 9.10. The third-order valence-corrected chi connectivity index (χ3v) is 6.51. The summed E-state index contributed by atoms with van der Waals surface area (Å²) >= 11 is 5.06. The van der Waals surface area contributed by atoms with Crippen LogP contribution in [-0.4, -0.2) is 65.0 Å². The molecule has 3 aromatic rings. The van der Waals surface area contributed by atoms with Crippen LogP contribution >= 0.6 is 27.3 Å². The van der Waals surface area contributed by atoms with Crippen LogP contribution in [-0.2, 0) is 11.3 Å². The van der Waals surface area contributed by atoms with Crippen molar-refractivity contribution < 1.29 is 9.53 Å². The molecule has 0 bridgehead atoms. The Morgan fingerprint density at radius 3 is 2.86 bits per heavy atom. The van der Waals surface area contributed by atoms with Gasteiger partial charge in [0.05, 0.1) is 29.1 Å². The molecular formula is C20H24BrN5O2S. The molecule has 7 nitrogen and oxygen atoms in total. The van der Waals surface area contributed by atoms with Crippen LogP contribution in [0.1, 0.15) is 23.1 Å². The van der Waals surface area contributed by atoms with Gasteiger partial charge in [-0.05, 0) is 38.1 Å². The van der Waals surface area contributed by atoms with E-state index >= 15 is 0 Å². The lowest BCUT2D eigenvalue weighted by Gasteiger charge is -2.29. The average Bonchev–Trinajstić information content (AvgIpc) is 3.31. The number of carbonyl (C=O) groups excluding carboxylic acids is 1. The number of halogens is 1. The van der Waals surface area contributed by atoms with Crippen molar-refractivity contribution in [2.45, 2.75) is 20.4 Å². The van der Waals surface area contributed by atoms with Crippen molar-refractivity contribution >= 4 is 48.5 Å². The Kier molecular flexibility index (Phi) is 6.29. The summed E-state index contributed by atoms with van der Waals surface area (Å²) < 4.78 is 9.27. The molecule has 0 unspecified atom stereocenters. The maximum absolute atomic E-state index is 13.5. The highest BCUT2D eigenvalue weighted by Crippen LogP contribution is 2.31. The molecule has 1 saturated heterocycles. The lowest BCUT2D eigenvalue weighted by Crippen LogP contribution is -2.43. The first-order valence-corrected chi connectivity index (χ1v) is 11.4. The van der Waals surface area contributed by atoms with Crippen molar-refractivity contribution in [3.8, 4) is 0 Å². The van der Waals surface area contributed by atoms with Gasteiger partial charge in [-0.2, -0.15) is 5.10 Å². The summed E-state index contributed by atoms with van der Waals surface area (Å²) in [5.74, 6) is -0.0566. The first-order valence-electron chi connectivity index (χ1n) is 9.77. The van der Waals surface area contributed by atoms with Crippen molar-refractivity contribution in [1.82, 2.24) is 19.7 Å². The molecule has 154 valence electrons. The van der Waals surface area contributed by atoms with Crippen LogP contribution in [0.25, 0.3) is 10.2 Å². The van der Waals surface area contributed by atoms with Crippen LogP contribution in [0, 0.1) is 6.92 Å². The molecule has 2 aromatic heterocycles. The van der Waals surface area contributed by atoms with Crippen LogP contribution in [0.2, 0.25) is 0 Å². The van der Waals surface area contributed by atoms with E-state index in [2.05, 4.69) is 25.9 Å². The highest BCUT2D eigenvalue weighted by Gasteiger charge is 2.25. The van der Waals surface area contributed by atoms with E-state index in [9.17, 15) is 4.79 Å². The van der Waals surface area contributed by atoms with Gasteiger partial charge < -0.3 is 4.74 Å². The highest BCUT2D eigenvalue weighted by atomic mass is 79.9. The molecule has 3 heterocycles. The van der Waals surface area contributed by atoms with Crippen molar-refractivity contribution in [2.24, 2.45) is 0 Å². The Hall–Kier alpha value is -1.81. The number of nitrogens with zero attached hydrogens (tertiary/aromatic N) is 5. The van der Waals surface area contributed by atoms with E-state index in [4.69, 9.17) is 9.72 Å². The van der Waals surface area contributed by atoms with E-state index in [-0.39, 0.29) is 5.91 Å². The van der Waals surface area contributed by atoms with Crippen LogP contribution in [0.5, 0.6) is 0 Å². The predicted molar refractivity (Wildman–Crippen MR) is 119 cm³/mol. The molecule has 0 atom stereocenters. The number of benzene rings is 1. The summed E-state index contributed by atoms with van der Waals surface area (Å²) in [7, 11) is 0. The van der Waals surface area contributed by atoms with Crippen LogP contribution < -0.4 is 4.90 Å². The monoisotopic (exact) mass is 477 g/mol. The van der Waals surface area contributed by atoms with Crippen molar-refractivity contribution in [3.05, 3.63) is 40.1 Å². The van der Waals surface area contributed by atoms with E-state index in [0.717, 1.165) is 58.4 Å². The van der Waals surface area contributed by atoms with E-state index in [1.165, 1.54) is 0 Å². The van der Waals surface area contributed by atoms with Gasteiger partial charge >= 0.3 is 0 Å². The fraction of sp³-hybridized carbons (Fsp3) is 0.450. The molecular weight excluding hydrogens is 454 g/mol. The molecule has 0 radical (unpaired) electrons. The SMILES string of the molecule is CCn1nc(C)cc1C(=O)N(CCN1CCOCC1)c1nc2ccc(Br)cc2s1. The van der Waals surface area contributed by atoms with Gasteiger partial charge in [0.2, 0.25) is 0 Å². The second-order valence-corrected chi connectivity index (χ2v) is 8.93. The average molecular weight is 478 g/mol. The van der Waals surface area contributed by atoms with E-state index < -0.39 is 0 Å². The summed E-state index contributed by atoms with van der Waals surface area (Å²) in [6.45, 7) is 9.19. The van der Waals surface area contributed by atoms with Crippen LogP contribution in [0.15, 0.2) is 28.7 Å². The number of thiazole rings is 1. The molecule has 0 spiro atoms. The lowest BCUT2D eigenvalue weighted by molar-refractivity contribution is 0.0391. The van der Waals surface area contributed by atoms with Crippen molar-refractivity contribution in [1.29, 1.82) is 0 Å². The quantitative estimate of drug-likeness (QED) is 0.542. The molecule has 1 aromatic carbocycles. The molecule has 9 heteroatoms. The number of morpholine rings is 1. The zero-order valence-corrected chi connectivity index (χ0v) is 19.0. The minimum Gasteiger partial charge on any atom is -0.379 e. The lowest BCUT2D eigenvalue weighted by atomic mass is 10.3. The summed E-state index contributed by atoms with van der Waals surface area (Å²) in [4.78, 5) is 22.4. The number of anilines is 1. The van der Waals surface area contributed by atoms with Gasteiger partial charge in [-0.15, -0.1) is 0 Å². The largest absolute Gasteiger partial charge is 0.379 e. The van der Waals surface area contributed by atoms with E-state index in [0.29, 0.717) is 18.8 Å². The zero-order chi connectivity index (χ0) is 20.4. The number of hydrogen-bond donors (Lipinski definition) is 0. The first-order chi connectivity index (χ1) is 14.0. The summed E-state index contributed by atoms with van der Waals surface area (Å²) in [6, 6.07) is 7.85. The molecule has 0 aliphatic carbocycles. The zero-order valence-electron chi connectivity index (χ0n) is 16.6. The second-order valence-electron chi connectivity index (χ2n) is 7.01. The van der Waals surface area contributed by atoms with E-state index in [1.54, 1.807) is 20.9 Å². The number of hydrogen-bond acceptors (Lipinski definition) is 6. The van der Waals surface area contributed by atoms with Crippen LogP contribution in [0.3, 0.4) is 0 Å². The number of rotatable bonds is 6. The van der Waals surface area contributed by atoms with Gasteiger partial charge in [0.1, 0.15) is 5.69 Å². The Morgan fingerprint density at radius 1 is 1.31 bits per heavy atom. The normalized spacial score (nSPS) is 15.1. The Morgan fingerprint density at radius 2 is 2.10 bits per heavy atom. The fourth-order valence-corrected chi connectivity index (χ4v) is 4.99. The molecule has 0 N–H and O–H groups in total. The number of amides is 1. The van der Waals surface area contributed by atoms with E-state index in [1.807, 2.05) is 38.1 Å². The Labute approximate surface area is 182 Å². The molecule has 4 rings (SSSR count). The van der Waals surface area contributed by atoms with Gasteiger partial charge in [0, 0.05) is 37.2 Å². The first kappa shape index (κ1) is 20.5. The minimum atomic E-state index is -0.0566. The number of aromatic nitrogens is 3. The molecule has 1 aliphatic heterocycles. The summed E-state index contributed by atoms with van der Waals surface area (Å²) in [6.07, 6.45) is 0. The Bertz CT molecular complexity index is 1010. The third kappa shape index (κ3) is 4.53. The van der Waals surface area contributed by atoms with Gasteiger partial charge in [0.15, 0.2) is 5.13 Å². The maximum Gasteiger partial charge on any atom is 0.278 e. The molecule has 1 amide bonds. The van der Waals surface area contributed by atoms with Crippen LogP contribution in [0.4, 0.5) is 5.13 Å². The number of fused-ring (bicyclic) bond motifs is 1. The number of aryl methyl sites for hydroxylation is 2. The molecule has 29 heavy (non-hydrogen) atoms. The number of ether oxygens (including phenoxy) is 1.